The zero-order valence-electron chi connectivity index (χ0n) is 12.6. The van der Waals surface area contributed by atoms with E-state index in [0.717, 1.165) is 12.8 Å². The maximum absolute atomic E-state index is 12.7. The molecule has 1 rings (SSSR count). The first-order chi connectivity index (χ1) is 10.0. The van der Waals surface area contributed by atoms with Crippen LogP contribution in [-0.4, -0.2) is 37.6 Å². The highest BCUT2D eigenvalue weighted by Crippen LogP contribution is 2.31. The van der Waals surface area contributed by atoms with Crippen LogP contribution in [0.2, 0.25) is 0 Å². The Labute approximate surface area is 123 Å². The Hall–Kier alpha value is -2.19. The van der Waals surface area contributed by atoms with Crippen LogP contribution in [0.25, 0.3) is 0 Å². The lowest BCUT2D eigenvalue weighted by Gasteiger charge is -2.31. The Bertz CT molecular complexity index is 466. The van der Waals surface area contributed by atoms with Crippen molar-refractivity contribution in [2.75, 3.05) is 0 Å². The molecule has 1 aromatic rings. The van der Waals surface area contributed by atoms with Crippen LogP contribution in [0, 0.1) is 5.41 Å². The Morgan fingerprint density at radius 1 is 1.48 bits per heavy atom. The monoisotopic (exact) mass is 297 g/mol. The molecule has 0 bridgehead atoms. The number of aromatic nitrogens is 4. The van der Waals surface area contributed by atoms with Crippen molar-refractivity contribution >= 4 is 11.7 Å². The highest BCUT2D eigenvalue weighted by atomic mass is 16.4. The van der Waals surface area contributed by atoms with Gasteiger partial charge >= 0.3 is 0 Å². The second kappa shape index (κ2) is 7.55. The van der Waals surface area contributed by atoms with Gasteiger partial charge in [0.05, 0.1) is 6.04 Å². The van der Waals surface area contributed by atoms with Gasteiger partial charge in [-0.2, -0.15) is 5.21 Å². The maximum Gasteiger partial charge on any atom is 0.234 e. The number of H-pyrrole nitrogens is 1. The smallest absolute Gasteiger partial charge is 0.234 e. The van der Waals surface area contributed by atoms with Crippen LogP contribution >= 0.6 is 0 Å². The van der Waals surface area contributed by atoms with Gasteiger partial charge < -0.3 is 16.3 Å². The van der Waals surface area contributed by atoms with E-state index in [9.17, 15) is 4.79 Å². The fourth-order valence-electron chi connectivity index (χ4n) is 2.43. The lowest BCUT2D eigenvalue weighted by atomic mass is 9.77. The number of amides is 1. The average molecular weight is 297 g/mol. The van der Waals surface area contributed by atoms with Gasteiger partial charge in [-0.05, 0) is 19.8 Å². The largest absolute Gasteiger partial charge is 0.409 e. The number of nitrogens with zero attached hydrogens (tertiary/aromatic N) is 4. The lowest BCUT2D eigenvalue weighted by molar-refractivity contribution is -0.129. The van der Waals surface area contributed by atoms with Crippen molar-refractivity contribution in [3.63, 3.8) is 0 Å². The van der Waals surface area contributed by atoms with Gasteiger partial charge in [-0.1, -0.05) is 37.1 Å². The van der Waals surface area contributed by atoms with Gasteiger partial charge in [-0.25, -0.2) is 0 Å². The van der Waals surface area contributed by atoms with Gasteiger partial charge in [0, 0.05) is 0 Å². The van der Waals surface area contributed by atoms with Gasteiger partial charge in [0.25, 0.3) is 0 Å². The minimum absolute atomic E-state index is 0.0657. The fourth-order valence-corrected chi connectivity index (χ4v) is 2.43. The molecule has 0 saturated carbocycles. The summed E-state index contributed by atoms with van der Waals surface area (Å²) in [5.74, 6) is 0.0209. The van der Waals surface area contributed by atoms with Crippen molar-refractivity contribution in [1.82, 2.24) is 25.9 Å². The minimum atomic E-state index is -1.02. The van der Waals surface area contributed by atoms with E-state index in [1.807, 2.05) is 13.8 Å². The molecule has 1 amide bonds. The molecule has 0 spiro atoms. The summed E-state index contributed by atoms with van der Waals surface area (Å²) in [5.41, 5.74) is 4.79. The van der Waals surface area contributed by atoms with Crippen molar-refractivity contribution < 1.29 is 10.0 Å². The van der Waals surface area contributed by atoms with E-state index >= 15 is 0 Å². The summed E-state index contributed by atoms with van der Waals surface area (Å²) in [4.78, 5) is 12.7. The summed E-state index contributed by atoms with van der Waals surface area (Å²) < 4.78 is 0. The molecule has 1 aromatic heterocycles. The Kier molecular flexibility index (Phi) is 6.07. The SMILES string of the molecule is CCCC(CCC)(C(=O)NC(C)c1nn[nH]n1)C(N)=NO. The Morgan fingerprint density at radius 3 is 2.52 bits per heavy atom. The van der Waals surface area contributed by atoms with Crippen molar-refractivity contribution in [2.45, 2.75) is 52.5 Å². The molecule has 0 aromatic carbocycles. The third kappa shape index (κ3) is 3.67. The van der Waals surface area contributed by atoms with E-state index in [1.54, 1.807) is 6.92 Å². The molecule has 0 saturated heterocycles. The third-order valence-electron chi connectivity index (χ3n) is 3.48. The maximum atomic E-state index is 12.7. The second-order valence-corrected chi connectivity index (χ2v) is 5.03. The molecule has 0 fully saturated rings. The van der Waals surface area contributed by atoms with Crippen LogP contribution in [0.3, 0.4) is 0 Å². The predicted octanol–water partition coefficient (Wildman–Crippen LogP) is 0.710. The van der Waals surface area contributed by atoms with Crippen LogP contribution < -0.4 is 11.1 Å². The Morgan fingerprint density at radius 2 is 2.10 bits per heavy atom. The summed E-state index contributed by atoms with van der Waals surface area (Å²) in [6, 6.07) is -0.421. The fraction of sp³-hybridized carbons (Fsp3) is 0.750. The number of hydrogen-bond acceptors (Lipinski definition) is 6. The minimum Gasteiger partial charge on any atom is -0.409 e. The first-order valence-corrected chi connectivity index (χ1v) is 7.04. The summed E-state index contributed by atoms with van der Waals surface area (Å²) in [6.07, 6.45) is 2.48. The van der Waals surface area contributed by atoms with E-state index < -0.39 is 11.5 Å². The normalized spacial score (nSPS) is 14.0. The molecule has 21 heavy (non-hydrogen) atoms. The number of aromatic amines is 1. The number of carbonyl (C=O) groups is 1. The topological polar surface area (TPSA) is 142 Å². The summed E-state index contributed by atoms with van der Waals surface area (Å²) in [6.45, 7) is 5.65. The summed E-state index contributed by atoms with van der Waals surface area (Å²) in [7, 11) is 0. The molecular weight excluding hydrogens is 274 g/mol. The van der Waals surface area contributed by atoms with Gasteiger partial charge in [0.1, 0.15) is 5.41 Å². The Balaban J connectivity index is 2.98. The van der Waals surface area contributed by atoms with Crippen LogP contribution in [0.1, 0.15) is 58.3 Å². The van der Waals surface area contributed by atoms with Crippen molar-refractivity contribution in [1.29, 1.82) is 0 Å². The van der Waals surface area contributed by atoms with E-state index in [2.05, 4.69) is 31.1 Å². The zero-order chi connectivity index (χ0) is 15.9. The number of nitrogens with one attached hydrogen (secondary N) is 2. The van der Waals surface area contributed by atoms with Crippen molar-refractivity contribution in [3.05, 3.63) is 5.82 Å². The number of oxime groups is 1. The highest BCUT2D eigenvalue weighted by molar-refractivity contribution is 6.06. The second-order valence-electron chi connectivity index (χ2n) is 5.03. The predicted molar refractivity (Wildman–Crippen MR) is 76.4 cm³/mol. The molecule has 5 N–H and O–H groups in total. The standard InChI is InChI=1S/C12H23N7O2/c1-4-6-12(7-5-2,10(13)17-21)11(20)14-8(3)9-15-18-19-16-9/h8,21H,4-7H2,1-3H3,(H2,13,17)(H,14,20)(H,15,16,18,19). The van der Waals surface area contributed by atoms with Crippen LogP contribution in [-0.2, 0) is 4.79 Å². The lowest BCUT2D eigenvalue weighted by Crippen LogP contribution is -2.50. The molecule has 0 aliphatic rings. The van der Waals surface area contributed by atoms with E-state index in [-0.39, 0.29) is 11.7 Å². The number of amidine groups is 1. The molecule has 1 atom stereocenters. The van der Waals surface area contributed by atoms with Crippen LogP contribution in [0.15, 0.2) is 5.16 Å². The number of carbonyl (C=O) groups excluding carboxylic acids is 1. The van der Waals surface area contributed by atoms with E-state index in [0.29, 0.717) is 18.7 Å². The molecule has 1 heterocycles. The number of tetrazole rings is 1. The summed E-state index contributed by atoms with van der Waals surface area (Å²) in [5, 5.41) is 28.4. The first-order valence-electron chi connectivity index (χ1n) is 7.04. The van der Waals surface area contributed by atoms with Crippen molar-refractivity contribution in [3.8, 4) is 0 Å². The molecule has 0 aliphatic carbocycles. The molecule has 9 heteroatoms. The van der Waals surface area contributed by atoms with E-state index in [1.165, 1.54) is 0 Å². The number of hydrogen-bond donors (Lipinski definition) is 4. The summed E-state index contributed by atoms with van der Waals surface area (Å²) >= 11 is 0. The third-order valence-corrected chi connectivity index (χ3v) is 3.48. The van der Waals surface area contributed by atoms with Crippen LogP contribution in [0.5, 0.6) is 0 Å². The van der Waals surface area contributed by atoms with Gasteiger partial charge in [0.2, 0.25) is 5.91 Å². The zero-order valence-corrected chi connectivity index (χ0v) is 12.6. The average Bonchev–Trinajstić information content (AvgIpc) is 3.00. The van der Waals surface area contributed by atoms with Crippen LogP contribution in [0.4, 0.5) is 0 Å². The number of nitrogens with two attached hydrogens (primary N) is 1. The van der Waals surface area contributed by atoms with Gasteiger partial charge in [-0.15, -0.1) is 10.2 Å². The van der Waals surface area contributed by atoms with Crippen molar-refractivity contribution in [2.24, 2.45) is 16.3 Å². The van der Waals surface area contributed by atoms with Gasteiger partial charge in [-0.3, -0.25) is 4.79 Å². The molecule has 9 nitrogen and oxygen atoms in total. The molecular formula is C12H23N7O2. The first kappa shape index (κ1) is 16.9. The quantitative estimate of drug-likeness (QED) is 0.241. The molecule has 1 unspecified atom stereocenters. The molecule has 0 radical (unpaired) electrons. The number of rotatable bonds is 8. The highest BCUT2D eigenvalue weighted by Gasteiger charge is 2.42. The van der Waals surface area contributed by atoms with Gasteiger partial charge in [0.15, 0.2) is 11.7 Å². The molecule has 0 aliphatic heterocycles. The molecule has 118 valence electrons. The van der Waals surface area contributed by atoms with E-state index in [4.69, 9.17) is 10.9 Å².